The van der Waals surface area contributed by atoms with Gasteiger partial charge in [0.15, 0.2) is 0 Å². The van der Waals surface area contributed by atoms with Crippen molar-refractivity contribution in [3.05, 3.63) is 66.2 Å². The van der Waals surface area contributed by atoms with E-state index in [9.17, 15) is 4.79 Å². The van der Waals surface area contributed by atoms with Gasteiger partial charge in [-0.15, -0.1) is 10.2 Å². The Morgan fingerprint density at radius 1 is 0.967 bits per heavy atom. The van der Waals surface area contributed by atoms with E-state index in [0.29, 0.717) is 31.4 Å². The first kappa shape index (κ1) is 21.1. The Morgan fingerprint density at radius 3 is 2.47 bits per heavy atom. The maximum Gasteiger partial charge on any atom is 0.233 e. The maximum absolute atomic E-state index is 12.1. The molecule has 156 valence electrons. The Morgan fingerprint density at radius 2 is 1.77 bits per heavy atom. The van der Waals surface area contributed by atoms with Crippen LogP contribution in [0.1, 0.15) is 12.5 Å². The van der Waals surface area contributed by atoms with Gasteiger partial charge in [-0.25, -0.2) is 0 Å². The van der Waals surface area contributed by atoms with E-state index in [1.807, 2.05) is 61.5 Å². The monoisotopic (exact) mass is 407 g/mol. The first-order valence-electron chi connectivity index (χ1n) is 9.78. The number of ether oxygens (including phenoxy) is 3. The fourth-order valence-corrected chi connectivity index (χ4v) is 2.87. The van der Waals surface area contributed by atoms with E-state index in [1.165, 1.54) is 0 Å². The van der Waals surface area contributed by atoms with Crippen molar-refractivity contribution in [3.63, 3.8) is 0 Å². The molecule has 0 spiro atoms. The van der Waals surface area contributed by atoms with Gasteiger partial charge in [-0.1, -0.05) is 18.2 Å². The molecule has 1 N–H and O–H groups in total. The molecule has 30 heavy (non-hydrogen) atoms. The van der Waals surface area contributed by atoms with Gasteiger partial charge in [0, 0.05) is 17.2 Å². The van der Waals surface area contributed by atoms with Crippen LogP contribution in [0.4, 0.5) is 0 Å². The van der Waals surface area contributed by atoms with E-state index in [-0.39, 0.29) is 12.3 Å². The number of carbonyl (C=O) groups excluding carboxylic acids is 1. The van der Waals surface area contributed by atoms with Gasteiger partial charge in [0.1, 0.15) is 18.1 Å². The van der Waals surface area contributed by atoms with Crippen LogP contribution in [0, 0.1) is 0 Å². The summed E-state index contributed by atoms with van der Waals surface area (Å²) in [5.74, 6) is 1.83. The van der Waals surface area contributed by atoms with Gasteiger partial charge >= 0.3 is 0 Å². The second kappa shape index (κ2) is 10.8. The molecule has 1 aromatic heterocycles. The predicted molar refractivity (Wildman–Crippen MR) is 114 cm³/mol. The summed E-state index contributed by atoms with van der Waals surface area (Å²) < 4.78 is 16.3. The largest absolute Gasteiger partial charge is 0.496 e. The highest BCUT2D eigenvalue weighted by molar-refractivity contribution is 5.79. The van der Waals surface area contributed by atoms with Crippen LogP contribution in [0.5, 0.6) is 17.4 Å². The van der Waals surface area contributed by atoms with Crippen molar-refractivity contribution >= 4 is 5.91 Å². The minimum absolute atomic E-state index is 0.0972. The Hall–Kier alpha value is -3.61. The van der Waals surface area contributed by atoms with Gasteiger partial charge in [-0.2, -0.15) is 0 Å². The number of hydrogen-bond donors (Lipinski definition) is 1. The molecule has 0 aliphatic rings. The van der Waals surface area contributed by atoms with Crippen LogP contribution in [0.3, 0.4) is 0 Å². The van der Waals surface area contributed by atoms with Gasteiger partial charge < -0.3 is 19.5 Å². The first-order valence-corrected chi connectivity index (χ1v) is 9.78. The summed E-state index contributed by atoms with van der Waals surface area (Å²) in [5, 5.41) is 11.1. The topological polar surface area (TPSA) is 82.6 Å². The summed E-state index contributed by atoms with van der Waals surface area (Å²) in [7, 11) is 1.59. The van der Waals surface area contributed by atoms with Gasteiger partial charge in [0.25, 0.3) is 0 Å². The van der Waals surface area contributed by atoms with Crippen LogP contribution in [0.25, 0.3) is 11.3 Å². The van der Waals surface area contributed by atoms with E-state index in [0.717, 1.165) is 22.6 Å². The SMILES string of the molecule is CCOc1ccc(-c2ccc(OCCNC(=O)Cc3ccccc3OC)nn2)cc1. The van der Waals surface area contributed by atoms with Gasteiger partial charge in [0.05, 0.1) is 32.4 Å². The molecule has 2 aromatic carbocycles. The second-order valence-corrected chi connectivity index (χ2v) is 6.40. The molecule has 0 aliphatic heterocycles. The van der Waals surface area contributed by atoms with Crippen molar-refractivity contribution in [3.8, 4) is 28.6 Å². The normalized spacial score (nSPS) is 10.3. The number of aromatic nitrogens is 2. The summed E-state index contributed by atoms with van der Waals surface area (Å²) in [6.07, 6.45) is 0.251. The minimum Gasteiger partial charge on any atom is -0.496 e. The van der Waals surface area contributed by atoms with E-state index in [1.54, 1.807) is 13.2 Å². The molecule has 0 fully saturated rings. The third kappa shape index (κ3) is 5.94. The lowest BCUT2D eigenvalue weighted by molar-refractivity contribution is -0.120. The molecular weight excluding hydrogens is 382 g/mol. The summed E-state index contributed by atoms with van der Waals surface area (Å²) in [4.78, 5) is 12.1. The molecule has 7 heteroatoms. The maximum atomic E-state index is 12.1. The highest BCUT2D eigenvalue weighted by Gasteiger charge is 2.08. The van der Waals surface area contributed by atoms with Crippen molar-refractivity contribution in [2.24, 2.45) is 0 Å². The number of carbonyl (C=O) groups is 1. The van der Waals surface area contributed by atoms with Crippen molar-refractivity contribution in [2.75, 3.05) is 26.9 Å². The number of amides is 1. The average molecular weight is 407 g/mol. The summed E-state index contributed by atoms with van der Waals surface area (Å²) >= 11 is 0. The van der Waals surface area contributed by atoms with E-state index in [2.05, 4.69) is 15.5 Å². The number of rotatable bonds is 10. The molecule has 0 atom stereocenters. The molecular formula is C23H25N3O4. The molecule has 0 radical (unpaired) electrons. The quantitative estimate of drug-likeness (QED) is 0.520. The van der Waals surface area contributed by atoms with Crippen molar-refractivity contribution in [1.29, 1.82) is 0 Å². The zero-order chi connectivity index (χ0) is 21.2. The molecule has 3 rings (SSSR count). The van der Waals surface area contributed by atoms with Crippen LogP contribution in [-0.2, 0) is 11.2 Å². The number of hydrogen-bond acceptors (Lipinski definition) is 6. The van der Waals surface area contributed by atoms with Gasteiger partial charge in [-0.3, -0.25) is 4.79 Å². The lowest BCUT2D eigenvalue weighted by atomic mass is 10.1. The molecule has 0 saturated heterocycles. The summed E-state index contributed by atoms with van der Waals surface area (Å²) in [6, 6.07) is 18.7. The van der Waals surface area contributed by atoms with Crippen LogP contribution in [-0.4, -0.2) is 43.0 Å². The number of para-hydroxylation sites is 1. The van der Waals surface area contributed by atoms with Crippen LogP contribution in [0.2, 0.25) is 0 Å². The molecule has 0 saturated carbocycles. The zero-order valence-electron chi connectivity index (χ0n) is 17.1. The Bertz CT molecular complexity index is 943. The number of methoxy groups -OCH3 is 1. The Labute approximate surface area is 176 Å². The number of benzene rings is 2. The van der Waals surface area contributed by atoms with Crippen LogP contribution < -0.4 is 19.5 Å². The molecule has 3 aromatic rings. The third-order valence-electron chi connectivity index (χ3n) is 4.32. The first-order chi connectivity index (χ1) is 14.7. The Kier molecular flexibility index (Phi) is 7.60. The standard InChI is InChI=1S/C23H25N3O4/c1-3-29-19-10-8-17(9-11-19)20-12-13-23(26-25-20)30-15-14-24-22(27)16-18-6-4-5-7-21(18)28-2/h4-13H,3,14-16H2,1-2H3,(H,24,27). The fourth-order valence-electron chi connectivity index (χ4n) is 2.87. The van der Waals surface area contributed by atoms with Crippen LogP contribution in [0.15, 0.2) is 60.7 Å². The van der Waals surface area contributed by atoms with E-state index < -0.39 is 0 Å². The molecule has 0 aliphatic carbocycles. The van der Waals surface area contributed by atoms with Gasteiger partial charge in [-0.05, 0) is 43.3 Å². The number of nitrogens with zero attached hydrogens (tertiary/aromatic N) is 2. The molecule has 1 amide bonds. The highest BCUT2D eigenvalue weighted by atomic mass is 16.5. The average Bonchev–Trinajstić information content (AvgIpc) is 2.78. The molecule has 7 nitrogen and oxygen atoms in total. The van der Waals surface area contributed by atoms with E-state index in [4.69, 9.17) is 14.2 Å². The molecule has 0 bridgehead atoms. The lowest BCUT2D eigenvalue weighted by Crippen LogP contribution is -2.29. The van der Waals surface area contributed by atoms with E-state index >= 15 is 0 Å². The van der Waals surface area contributed by atoms with Crippen molar-refractivity contribution in [2.45, 2.75) is 13.3 Å². The molecule has 0 unspecified atom stereocenters. The second-order valence-electron chi connectivity index (χ2n) is 6.40. The summed E-state index contributed by atoms with van der Waals surface area (Å²) in [6.45, 7) is 3.25. The third-order valence-corrected chi connectivity index (χ3v) is 4.32. The predicted octanol–water partition coefficient (Wildman–Crippen LogP) is 3.29. The van der Waals surface area contributed by atoms with Crippen molar-refractivity contribution < 1.29 is 19.0 Å². The van der Waals surface area contributed by atoms with Crippen molar-refractivity contribution in [1.82, 2.24) is 15.5 Å². The fraction of sp³-hybridized carbons (Fsp3) is 0.261. The smallest absolute Gasteiger partial charge is 0.233 e. The number of nitrogens with one attached hydrogen (secondary N) is 1. The minimum atomic E-state index is -0.0972. The van der Waals surface area contributed by atoms with Crippen LogP contribution >= 0.6 is 0 Å². The summed E-state index contributed by atoms with van der Waals surface area (Å²) in [5.41, 5.74) is 2.53. The zero-order valence-corrected chi connectivity index (χ0v) is 17.1. The molecule has 1 heterocycles. The Balaban J connectivity index is 1.43. The lowest BCUT2D eigenvalue weighted by Gasteiger charge is -2.09. The highest BCUT2D eigenvalue weighted by Crippen LogP contribution is 2.21. The van der Waals surface area contributed by atoms with Gasteiger partial charge in [0.2, 0.25) is 11.8 Å².